The lowest BCUT2D eigenvalue weighted by atomic mass is 9.85. The van der Waals surface area contributed by atoms with Crippen molar-refractivity contribution in [2.75, 3.05) is 13.1 Å². The zero-order valence-electron chi connectivity index (χ0n) is 25.5. The van der Waals surface area contributed by atoms with Crippen molar-refractivity contribution in [3.05, 3.63) is 0 Å². The molecule has 0 aromatic rings. The van der Waals surface area contributed by atoms with Crippen molar-refractivity contribution < 1.29 is 4.79 Å². The van der Waals surface area contributed by atoms with E-state index < -0.39 is 0 Å². The van der Waals surface area contributed by atoms with Crippen LogP contribution >= 0.6 is 11.8 Å². The van der Waals surface area contributed by atoms with Crippen molar-refractivity contribution in [1.29, 1.82) is 0 Å². The number of piperidine rings is 1. The molecule has 2 aliphatic carbocycles. The molecule has 39 heavy (non-hydrogen) atoms. The second kappa shape index (κ2) is 14.1. The average molecular weight is 566 g/mol. The Morgan fingerprint density at radius 2 is 1.72 bits per heavy atom. The molecular weight excluding hydrogens is 506 g/mol. The number of likely N-dealkylation sites (tertiary alicyclic amines) is 1. The van der Waals surface area contributed by atoms with Gasteiger partial charge in [-0.05, 0) is 62.2 Å². The number of carbonyl (C=O) groups is 1. The summed E-state index contributed by atoms with van der Waals surface area (Å²) in [6.07, 6.45) is 14.6. The van der Waals surface area contributed by atoms with Gasteiger partial charge in [-0.2, -0.15) is 11.8 Å². The highest BCUT2D eigenvalue weighted by atomic mass is 32.2. The number of nitrogens with two attached hydrogens (primary N) is 2. The number of amides is 2. The second-order valence-electron chi connectivity index (χ2n) is 14.3. The van der Waals surface area contributed by atoms with E-state index in [1.54, 1.807) is 0 Å². The van der Waals surface area contributed by atoms with Crippen LogP contribution < -0.4 is 27.5 Å². The minimum absolute atomic E-state index is 0.00999. The summed E-state index contributed by atoms with van der Waals surface area (Å²) in [6, 6.07) is 0.877. The molecule has 7 unspecified atom stereocenters. The Morgan fingerprint density at radius 3 is 2.41 bits per heavy atom. The standard InChI is InChI=1S/C30H59N7OS/c1-20(2)28(32)36-19-23(15-16-26(36)31)39-24-14-10-9-11-21(24)18-33-29(38)34-27-17-25(30(3,4)5)35-37(27)22-12-7-6-8-13-22/h20-28,35H,6-19,31-32H2,1-5H3,(H2,33,34,38). The van der Waals surface area contributed by atoms with Crippen LogP contribution in [0.15, 0.2) is 0 Å². The van der Waals surface area contributed by atoms with Crippen LogP contribution in [-0.4, -0.2) is 70.1 Å². The van der Waals surface area contributed by atoms with Gasteiger partial charge in [-0.15, -0.1) is 0 Å². The van der Waals surface area contributed by atoms with Crippen molar-refractivity contribution >= 4 is 17.8 Å². The summed E-state index contributed by atoms with van der Waals surface area (Å²) < 4.78 is 0. The Hall–Kier alpha value is -0.580. The monoisotopic (exact) mass is 565 g/mol. The summed E-state index contributed by atoms with van der Waals surface area (Å²) in [5.74, 6) is 0.920. The zero-order chi connectivity index (χ0) is 28.2. The second-order valence-corrected chi connectivity index (χ2v) is 15.8. The Kier molecular flexibility index (Phi) is 11.3. The number of nitrogens with one attached hydrogen (secondary N) is 3. The van der Waals surface area contributed by atoms with Crippen molar-refractivity contribution in [3.63, 3.8) is 0 Å². The van der Waals surface area contributed by atoms with E-state index in [9.17, 15) is 4.79 Å². The number of urea groups is 1. The lowest BCUT2D eigenvalue weighted by Gasteiger charge is -2.44. The smallest absolute Gasteiger partial charge is 0.316 e. The third-order valence-corrected chi connectivity index (χ3v) is 11.6. The number of nitrogens with zero attached hydrogens (tertiary/aromatic N) is 2. The highest BCUT2D eigenvalue weighted by Gasteiger charge is 2.42. The minimum atomic E-state index is -0.00999. The quantitative estimate of drug-likeness (QED) is 0.294. The van der Waals surface area contributed by atoms with Crippen LogP contribution in [0.1, 0.15) is 112 Å². The molecule has 226 valence electrons. The molecule has 9 heteroatoms. The van der Waals surface area contributed by atoms with E-state index in [1.165, 1.54) is 57.8 Å². The molecule has 2 saturated carbocycles. The molecule has 4 rings (SSSR count). The van der Waals surface area contributed by atoms with Gasteiger partial charge in [0, 0.05) is 35.7 Å². The first-order chi connectivity index (χ1) is 18.5. The molecule has 2 amide bonds. The van der Waals surface area contributed by atoms with Crippen molar-refractivity contribution in [2.45, 2.75) is 153 Å². The third kappa shape index (κ3) is 8.48. The molecule has 8 nitrogen and oxygen atoms in total. The van der Waals surface area contributed by atoms with Gasteiger partial charge in [0.25, 0.3) is 0 Å². The number of carbonyl (C=O) groups excluding carboxylic acids is 1. The Bertz CT molecular complexity index is 771. The normalized spacial score (nSPS) is 34.8. The maximum absolute atomic E-state index is 13.2. The third-order valence-electron chi connectivity index (χ3n) is 9.83. The maximum Gasteiger partial charge on any atom is 0.316 e. The highest BCUT2D eigenvalue weighted by molar-refractivity contribution is 8.00. The molecule has 0 aromatic carbocycles. The fourth-order valence-electron chi connectivity index (χ4n) is 7.13. The average Bonchev–Trinajstić information content (AvgIpc) is 3.33. The van der Waals surface area contributed by atoms with Crippen LogP contribution in [0, 0.1) is 17.3 Å². The summed E-state index contributed by atoms with van der Waals surface area (Å²) in [4.78, 5) is 15.6. The first-order valence-electron chi connectivity index (χ1n) is 16.0. The summed E-state index contributed by atoms with van der Waals surface area (Å²) in [5.41, 5.74) is 16.9. The molecule has 7 atom stereocenters. The fourth-order valence-corrected chi connectivity index (χ4v) is 8.92. The number of hydrogen-bond acceptors (Lipinski definition) is 7. The molecule has 0 spiro atoms. The van der Waals surface area contributed by atoms with Gasteiger partial charge in [0.15, 0.2) is 0 Å². The lowest BCUT2D eigenvalue weighted by Crippen LogP contribution is -2.59. The fraction of sp³-hybridized carbons (Fsp3) is 0.967. The topological polar surface area (TPSA) is 112 Å². The molecule has 2 heterocycles. The molecule has 4 aliphatic rings. The number of thioether (sulfide) groups is 1. The first-order valence-corrected chi connectivity index (χ1v) is 17.0. The number of hydrogen-bond donors (Lipinski definition) is 5. The molecule has 0 bridgehead atoms. The Balaban J connectivity index is 1.30. The van der Waals surface area contributed by atoms with Crippen molar-refractivity contribution in [3.8, 4) is 0 Å². The number of hydrazine groups is 1. The molecule has 7 N–H and O–H groups in total. The van der Waals surface area contributed by atoms with E-state index in [2.05, 4.69) is 72.3 Å². The molecule has 0 aromatic heterocycles. The van der Waals surface area contributed by atoms with Gasteiger partial charge in [0.1, 0.15) is 0 Å². The molecule has 2 saturated heterocycles. The van der Waals surface area contributed by atoms with Gasteiger partial charge in [0.2, 0.25) is 0 Å². The van der Waals surface area contributed by atoms with Crippen LogP contribution in [0.3, 0.4) is 0 Å². The molecule has 4 fully saturated rings. The van der Waals surface area contributed by atoms with Gasteiger partial charge in [-0.25, -0.2) is 15.2 Å². The van der Waals surface area contributed by atoms with Crippen LogP contribution in [-0.2, 0) is 0 Å². The number of rotatable bonds is 8. The summed E-state index contributed by atoms with van der Waals surface area (Å²) >= 11 is 2.15. The van der Waals surface area contributed by atoms with E-state index in [1.807, 2.05) is 0 Å². The van der Waals surface area contributed by atoms with E-state index in [0.717, 1.165) is 32.4 Å². The van der Waals surface area contributed by atoms with E-state index in [-0.39, 0.29) is 29.9 Å². The van der Waals surface area contributed by atoms with Crippen molar-refractivity contribution in [1.82, 2.24) is 26.0 Å². The largest absolute Gasteiger partial charge is 0.338 e. The van der Waals surface area contributed by atoms with Gasteiger partial charge in [-0.1, -0.05) is 66.7 Å². The molecule has 2 aliphatic heterocycles. The van der Waals surface area contributed by atoms with Crippen LogP contribution in [0.5, 0.6) is 0 Å². The van der Waals surface area contributed by atoms with Gasteiger partial charge in [0.05, 0.1) is 18.5 Å². The van der Waals surface area contributed by atoms with Crippen LogP contribution in [0.2, 0.25) is 0 Å². The Morgan fingerprint density at radius 1 is 1.03 bits per heavy atom. The predicted molar refractivity (Wildman–Crippen MR) is 164 cm³/mol. The van der Waals surface area contributed by atoms with E-state index in [0.29, 0.717) is 34.4 Å². The van der Waals surface area contributed by atoms with Gasteiger partial charge < -0.3 is 22.1 Å². The molecule has 0 radical (unpaired) electrons. The first kappa shape index (κ1) is 31.4. The predicted octanol–water partition coefficient (Wildman–Crippen LogP) is 4.55. The van der Waals surface area contributed by atoms with Crippen LogP contribution in [0.4, 0.5) is 4.79 Å². The minimum Gasteiger partial charge on any atom is -0.338 e. The summed E-state index contributed by atoms with van der Waals surface area (Å²) in [7, 11) is 0. The van der Waals surface area contributed by atoms with Gasteiger partial charge in [-0.3, -0.25) is 4.90 Å². The van der Waals surface area contributed by atoms with Gasteiger partial charge >= 0.3 is 6.03 Å². The maximum atomic E-state index is 13.2. The summed E-state index contributed by atoms with van der Waals surface area (Å²) in [5, 5.41) is 10.2. The highest BCUT2D eigenvalue weighted by Crippen LogP contribution is 2.39. The van der Waals surface area contributed by atoms with E-state index in [4.69, 9.17) is 11.5 Å². The SMILES string of the molecule is CC(C)C(N)N1CC(SC2CCCCC2CNC(=O)NC2CC(C(C)(C)C)NN2C2CCCCC2)CCC1N. The zero-order valence-corrected chi connectivity index (χ0v) is 26.3. The van der Waals surface area contributed by atoms with Crippen molar-refractivity contribution in [2.24, 2.45) is 28.7 Å². The molecular formula is C30H59N7OS. The van der Waals surface area contributed by atoms with E-state index >= 15 is 0 Å². The summed E-state index contributed by atoms with van der Waals surface area (Å²) in [6.45, 7) is 13.0. The van der Waals surface area contributed by atoms with Crippen LogP contribution in [0.25, 0.3) is 0 Å². The Labute approximate surface area is 242 Å². The lowest BCUT2D eigenvalue weighted by molar-refractivity contribution is 0.0667.